The van der Waals surface area contributed by atoms with Crippen LogP contribution in [0.15, 0.2) is 24.3 Å². The van der Waals surface area contributed by atoms with Crippen molar-refractivity contribution in [2.24, 2.45) is 11.8 Å². The summed E-state index contributed by atoms with van der Waals surface area (Å²) in [6.45, 7) is 6.91. The molecule has 134 valence electrons. The molecule has 3 N–H and O–H groups in total. The molecule has 0 saturated carbocycles. The number of aromatic amines is 1. The minimum absolute atomic E-state index is 0.0776. The zero-order valence-electron chi connectivity index (χ0n) is 15.0. The molecule has 3 rings (SSSR count). The van der Waals surface area contributed by atoms with Crippen LogP contribution in [0, 0.1) is 11.8 Å². The number of aromatic nitrogens is 1. The van der Waals surface area contributed by atoms with Crippen molar-refractivity contribution >= 4 is 28.5 Å². The van der Waals surface area contributed by atoms with Crippen LogP contribution in [0.1, 0.15) is 30.8 Å². The third-order valence-corrected chi connectivity index (χ3v) is 4.85. The van der Waals surface area contributed by atoms with Gasteiger partial charge in [-0.15, -0.1) is 0 Å². The molecule has 1 aliphatic heterocycles. The van der Waals surface area contributed by atoms with Crippen molar-refractivity contribution in [1.82, 2.24) is 4.98 Å². The zero-order chi connectivity index (χ0) is 18.0. The molecule has 6 nitrogen and oxygen atoms in total. The Morgan fingerprint density at radius 1 is 1.24 bits per heavy atom. The van der Waals surface area contributed by atoms with Crippen LogP contribution in [0.3, 0.4) is 0 Å². The van der Waals surface area contributed by atoms with Crippen molar-refractivity contribution in [2.45, 2.75) is 20.3 Å². The number of fused-ring (bicyclic) bond motifs is 1. The summed E-state index contributed by atoms with van der Waals surface area (Å²) in [5, 5.41) is 3.75. The second kappa shape index (κ2) is 7.27. The first-order valence-electron chi connectivity index (χ1n) is 8.80. The van der Waals surface area contributed by atoms with Crippen LogP contribution in [0.2, 0.25) is 0 Å². The molecule has 0 radical (unpaired) electrons. The van der Waals surface area contributed by atoms with Gasteiger partial charge >= 0.3 is 5.97 Å². The first-order chi connectivity index (χ1) is 12.0. The highest BCUT2D eigenvalue weighted by Crippen LogP contribution is 2.28. The first kappa shape index (κ1) is 17.5. The van der Waals surface area contributed by atoms with Crippen LogP contribution in [-0.2, 0) is 9.53 Å². The van der Waals surface area contributed by atoms with Gasteiger partial charge in [0, 0.05) is 22.7 Å². The third-order valence-electron chi connectivity index (χ3n) is 4.85. The number of amides is 1. The molecule has 6 heteroatoms. The van der Waals surface area contributed by atoms with E-state index in [0.29, 0.717) is 24.1 Å². The highest BCUT2D eigenvalue weighted by Gasteiger charge is 2.28. The van der Waals surface area contributed by atoms with Crippen molar-refractivity contribution in [1.29, 1.82) is 0 Å². The van der Waals surface area contributed by atoms with Crippen molar-refractivity contribution in [3.8, 4) is 0 Å². The molecule has 1 fully saturated rings. The third kappa shape index (κ3) is 3.85. The summed E-state index contributed by atoms with van der Waals surface area (Å²) >= 11 is 0. The Bertz CT molecular complexity index is 773. The highest BCUT2D eigenvalue weighted by atomic mass is 16.5. The number of hydrogen-bond donors (Lipinski definition) is 3. The number of esters is 1. The number of quaternary nitrogens is 1. The molecular formula is C19H26N3O3+. The minimum Gasteiger partial charge on any atom is -0.464 e. The lowest BCUT2D eigenvalue weighted by molar-refractivity contribution is -0.904. The number of ether oxygens (including phenoxy) is 1. The Morgan fingerprint density at radius 2 is 1.92 bits per heavy atom. The van der Waals surface area contributed by atoms with Gasteiger partial charge in [-0.05, 0) is 12.5 Å². The van der Waals surface area contributed by atoms with Crippen molar-refractivity contribution in [3.63, 3.8) is 0 Å². The summed E-state index contributed by atoms with van der Waals surface area (Å²) in [4.78, 5) is 29.0. The SMILES string of the molecule is COC(=O)c1[nH]c2ccccc2c1NC(=O)C[NH+]1C[C@H](C)C[C@H](C)C1. The molecule has 1 amide bonds. The summed E-state index contributed by atoms with van der Waals surface area (Å²) in [6.07, 6.45) is 1.22. The van der Waals surface area contributed by atoms with Crippen molar-refractivity contribution in [3.05, 3.63) is 30.0 Å². The van der Waals surface area contributed by atoms with Crippen LogP contribution >= 0.6 is 0 Å². The Kier molecular flexibility index (Phi) is 5.08. The molecule has 0 spiro atoms. The average Bonchev–Trinajstić information content (AvgIpc) is 2.92. The van der Waals surface area contributed by atoms with Crippen LogP contribution in [-0.4, -0.2) is 43.6 Å². The number of benzene rings is 1. The van der Waals surface area contributed by atoms with Crippen molar-refractivity contribution < 1.29 is 19.2 Å². The normalized spacial score (nSPS) is 23.4. The molecule has 2 heterocycles. The van der Waals surface area contributed by atoms with E-state index in [4.69, 9.17) is 4.74 Å². The maximum absolute atomic E-state index is 12.6. The van der Waals surface area contributed by atoms with E-state index in [1.54, 1.807) is 0 Å². The van der Waals surface area contributed by atoms with Gasteiger partial charge in [0.25, 0.3) is 5.91 Å². The summed E-state index contributed by atoms with van der Waals surface area (Å²) < 4.78 is 4.84. The molecule has 0 bridgehead atoms. The number of nitrogens with one attached hydrogen (secondary N) is 3. The molecule has 1 aliphatic rings. The number of likely N-dealkylation sites (tertiary alicyclic amines) is 1. The predicted molar refractivity (Wildman–Crippen MR) is 96.8 cm³/mol. The lowest BCUT2D eigenvalue weighted by Gasteiger charge is -2.31. The van der Waals surface area contributed by atoms with E-state index in [1.807, 2.05) is 24.3 Å². The second-order valence-corrected chi connectivity index (χ2v) is 7.24. The molecule has 2 aromatic rings. The number of piperidine rings is 1. The van der Waals surface area contributed by atoms with E-state index >= 15 is 0 Å². The molecule has 0 aliphatic carbocycles. The zero-order valence-corrected chi connectivity index (χ0v) is 15.0. The monoisotopic (exact) mass is 344 g/mol. The Morgan fingerprint density at radius 3 is 2.60 bits per heavy atom. The summed E-state index contributed by atoms with van der Waals surface area (Å²) in [7, 11) is 1.33. The van der Waals surface area contributed by atoms with Crippen molar-refractivity contribution in [2.75, 3.05) is 32.1 Å². The van der Waals surface area contributed by atoms with Gasteiger partial charge in [0.2, 0.25) is 0 Å². The van der Waals surface area contributed by atoms with Gasteiger partial charge in [0.05, 0.1) is 25.9 Å². The Hall–Kier alpha value is -2.34. The largest absolute Gasteiger partial charge is 0.464 e. The van der Waals surface area contributed by atoms with Gasteiger partial charge in [-0.2, -0.15) is 0 Å². The fourth-order valence-electron chi connectivity index (χ4n) is 4.00. The fraction of sp³-hybridized carbons (Fsp3) is 0.474. The molecule has 25 heavy (non-hydrogen) atoms. The molecule has 1 saturated heterocycles. The average molecular weight is 344 g/mol. The fourth-order valence-corrected chi connectivity index (χ4v) is 4.00. The topological polar surface area (TPSA) is 75.6 Å². The van der Waals surface area contributed by atoms with Gasteiger partial charge in [-0.25, -0.2) is 4.79 Å². The van der Waals surface area contributed by atoms with E-state index in [1.165, 1.54) is 18.4 Å². The van der Waals surface area contributed by atoms with Crippen LogP contribution in [0.4, 0.5) is 5.69 Å². The Labute approximate surface area is 147 Å². The summed E-state index contributed by atoms with van der Waals surface area (Å²) in [6, 6.07) is 7.51. The van der Waals surface area contributed by atoms with Gasteiger partial charge < -0.3 is 19.9 Å². The predicted octanol–water partition coefficient (Wildman–Crippen LogP) is 1.45. The lowest BCUT2D eigenvalue weighted by Crippen LogP contribution is -3.15. The number of H-pyrrole nitrogens is 1. The summed E-state index contributed by atoms with van der Waals surface area (Å²) in [5.74, 6) is 0.695. The quantitative estimate of drug-likeness (QED) is 0.735. The molecular weight excluding hydrogens is 318 g/mol. The molecule has 3 atom stereocenters. The number of para-hydroxylation sites is 1. The van der Waals surface area contributed by atoms with Gasteiger partial charge in [-0.3, -0.25) is 4.79 Å². The van der Waals surface area contributed by atoms with E-state index in [2.05, 4.69) is 24.1 Å². The van der Waals surface area contributed by atoms with Gasteiger partial charge in [0.1, 0.15) is 5.69 Å². The molecule has 1 aromatic carbocycles. The smallest absolute Gasteiger partial charge is 0.356 e. The van der Waals surface area contributed by atoms with E-state index in [-0.39, 0.29) is 11.6 Å². The van der Waals surface area contributed by atoms with E-state index in [0.717, 1.165) is 24.0 Å². The lowest BCUT2D eigenvalue weighted by atomic mass is 9.92. The maximum atomic E-state index is 12.6. The van der Waals surface area contributed by atoms with Crippen LogP contribution in [0.5, 0.6) is 0 Å². The molecule has 1 unspecified atom stereocenters. The standard InChI is InChI=1S/C19H25N3O3/c1-12-8-13(2)10-22(9-12)11-16(23)21-17-14-6-4-5-7-15(14)20-18(17)19(24)25-3/h4-7,12-13,20H,8-11H2,1-3H3,(H,21,23)/p+1/t12-,13+. The minimum atomic E-state index is -0.487. The number of anilines is 1. The van der Waals surface area contributed by atoms with Gasteiger partial charge in [0.15, 0.2) is 6.54 Å². The first-order valence-corrected chi connectivity index (χ1v) is 8.80. The van der Waals surface area contributed by atoms with E-state index < -0.39 is 5.97 Å². The van der Waals surface area contributed by atoms with E-state index in [9.17, 15) is 9.59 Å². The summed E-state index contributed by atoms with van der Waals surface area (Å²) in [5.41, 5.74) is 1.59. The highest BCUT2D eigenvalue weighted by molar-refractivity contribution is 6.11. The van der Waals surface area contributed by atoms with Gasteiger partial charge in [-0.1, -0.05) is 32.0 Å². The Balaban J connectivity index is 1.79. The number of carbonyl (C=O) groups is 2. The number of hydrogen-bond acceptors (Lipinski definition) is 3. The number of rotatable bonds is 4. The number of carbonyl (C=O) groups excluding carboxylic acids is 2. The maximum Gasteiger partial charge on any atom is 0.356 e. The second-order valence-electron chi connectivity index (χ2n) is 7.24. The molecule has 1 aromatic heterocycles. The number of methoxy groups -OCH3 is 1. The van der Waals surface area contributed by atoms with Crippen LogP contribution in [0.25, 0.3) is 10.9 Å². The van der Waals surface area contributed by atoms with Crippen LogP contribution < -0.4 is 10.2 Å².